The van der Waals surface area contributed by atoms with Gasteiger partial charge in [0.25, 0.3) is 5.91 Å². The van der Waals surface area contributed by atoms with Crippen molar-refractivity contribution in [1.82, 2.24) is 15.1 Å². The van der Waals surface area contributed by atoms with E-state index in [1.165, 1.54) is 16.9 Å². The lowest BCUT2D eigenvalue weighted by atomic mass is 9.75. The Morgan fingerprint density at radius 3 is 2.74 bits per heavy atom. The van der Waals surface area contributed by atoms with Gasteiger partial charge in [0, 0.05) is 24.9 Å². The van der Waals surface area contributed by atoms with E-state index < -0.39 is 23.8 Å². The summed E-state index contributed by atoms with van der Waals surface area (Å²) < 4.78 is 28.7. The van der Waals surface area contributed by atoms with Gasteiger partial charge in [0.05, 0.1) is 23.9 Å². The number of hydrogen-bond donors (Lipinski definition) is 2. The fourth-order valence-electron chi connectivity index (χ4n) is 2.87. The van der Waals surface area contributed by atoms with E-state index in [9.17, 15) is 18.7 Å². The number of hydrogen-bond acceptors (Lipinski definition) is 3. The van der Waals surface area contributed by atoms with Gasteiger partial charge in [-0.3, -0.25) is 9.48 Å². The van der Waals surface area contributed by atoms with Crippen molar-refractivity contribution in [3.8, 4) is 0 Å². The molecule has 23 heavy (non-hydrogen) atoms. The van der Waals surface area contributed by atoms with Crippen LogP contribution in [0.2, 0.25) is 0 Å². The molecule has 0 saturated heterocycles. The lowest BCUT2D eigenvalue weighted by Gasteiger charge is -2.38. The van der Waals surface area contributed by atoms with Crippen molar-refractivity contribution >= 4 is 5.91 Å². The smallest absolute Gasteiger partial charge is 0.254 e. The number of halogens is 2. The van der Waals surface area contributed by atoms with E-state index in [1.807, 2.05) is 0 Å². The van der Waals surface area contributed by atoms with Crippen LogP contribution in [0.25, 0.3) is 0 Å². The molecule has 7 heteroatoms. The van der Waals surface area contributed by atoms with E-state index in [1.54, 1.807) is 13.2 Å². The highest BCUT2D eigenvalue weighted by Gasteiger charge is 2.37. The number of carbonyl (C=O) groups excluding carboxylic acids is 1. The summed E-state index contributed by atoms with van der Waals surface area (Å²) in [5.41, 5.74) is 0.584. The first-order valence-electron chi connectivity index (χ1n) is 7.36. The summed E-state index contributed by atoms with van der Waals surface area (Å²) in [6, 6.07) is 2.68. The summed E-state index contributed by atoms with van der Waals surface area (Å²) in [6.45, 7) is 0. The van der Waals surface area contributed by atoms with Crippen molar-refractivity contribution in [1.29, 1.82) is 0 Å². The van der Waals surface area contributed by atoms with E-state index >= 15 is 0 Å². The van der Waals surface area contributed by atoms with Crippen molar-refractivity contribution in [3.63, 3.8) is 0 Å². The van der Waals surface area contributed by atoms with Crippen LogP contribution >= 0.6 is 0 Å². The fourth-order valence-corrected chi connectivity index (χ4v) is 2.87. The zero-order valence-corrected chi connectivity index (χ0v) is 12.5. The summed E-state index contributed by atoms with van der Waals surface area (Å²) in [4.78, 5) is 12.3. The van der Waals surface area contributed by atoms with Gasteiger partial charge in [-0.15, -0.1) is 0 Å². The molecule has 1 saturated carbocycles. The zero-order valence-electron chi connectivity index (χ0n) is 12.5. The number of nitrogens with zero attached hydrogens (tertiary/aromatic N) is 2. The number of aliphatic hydroxyl groups is 1. The normalized spacial score (nSPS) is 21.6. The molecule has 1 atom stereocenters. The molecular weight excluding hydrogens is 304 g/mol. The van der Waals surface area contributed by atoms with Gasteiger partial charge in [-0.2, -0.15) is 5.10 Å². The Morgan fingerprint density at radius 1 is 1.43 bits per heavy atom. The average molecular weight is 321 g/mol. The minimum Gasteiger partial charge on any atom is -0.393 e. The van der Waals surface area contributed by atoms with Crippen LogP contribution in [0.1, 0.15) is 34.8 Å². The second-order valence-corrected chi connectivity index (χ2v) is 5.90. The van der Waals surface area contributed by atoms with Crippen molar-refractivity contribution < 1.29 is 18.7 Å². The molecule has 1 heterocycles. The van der Waals surface area contributed by atoms with Crippen molar-refractivity contribution in [3.05, 3.63) is 53.4 Å². The van der Waals surface area contributed by atoms with Crippen LogP contribution in [0, 0.1) is 17.6 Å². The molecule has 0 bridgehead atoms. The number of nitrogens with one attached hydrogen (secondary N) is 1. The van der Waals surface area contributed by atoms with Crippen LogP contribution < -0.4 is 5.32 Å². The Bertz CT molecular complexity index is 726. The molecular formula is C16H17F2N3O2. The predicted molar refractivity (Wildman–Crippen MR) is 78.5 cm³/mol. The van der Waals surface area contributed by atoms with Crippen LogP contribution in [-0.4, -0.2) is 26.9 Å². The first kappa shape index (κ1) is 15.6. The van der Waals surface area contributed by atoms with E-state index in [2.05, 4.69) is 10.4 Å². The van der Waals surface area contributed by atoms with Gasteiger partial charge in [0.15, 0.2) is 0 Å². The number of carbonyl (C=O) groups is 1. The van der Waals surface area contributed by atoms with Crippen molar-refractivity contribution in [2.75, 3.05) is 0 Å². The summed E-state index contributed by atoms with van der Waals surface area (Å²) in [6.07, 6.45) is 3.47. The van der Waals surface area contributed by atoms with Crippen LogP contribution in [0.5, 0.6) is 0 Å². The third-order valence-electron chi connectivity index (χ3n) is 4.17. The number of rotatable bonds is 4. The monoisotopic (exact) mass is 321 g/mol. The second-order valence-electron chi connectivity index (χ2n) is 5.90. The number of aryl methyl sites for hydroxylation is 1. The molecule has 1 unspecified atom stereocenters. The SMILES string of the molecule is Cn1cc(C(=O)NC(c2ccc(F)cc2F)C2CC(O)C2)cn1. The molecule has 1 aromatic heterocycles. The maximum atomic E-state index is 14.1. The molecule has 1 aliphatic carbocycles. The summed E-state index contributed by atoms with van der Waals surface area (Å²) in [7, 11) is 1.69. The molecule has 5 nitrogen and oxygen atoms in total. The minimum atomic E-state index is -0.706. The molecule has 0 aliphatic heterocycles. The minimum absolute atomic E-state index is 0.0921. The Kier molecular flexibility index (Phi) is 4.12. The number of aromatic nitrogens is 2. The summed E-state index contributed by atoms with van der Waals surface area (Å²) in [5.74, 6) is -1.85. The topological polar surface area (TPSA) is 67.2 Å². The molecule has 1 aliphatic rings. The average Bonchev–Trinajstić information content (AvgIpc) is 2.89. The van der Waals surface area contributed by atoms with Gasteiger partial charge < -0.3 is 10.4 Å². The zero-order chi connectivity index (χ0) is 16.6. The van der Waals surface area contributed by atoms with E-state index in [4.69, 9.17) is 0 Å². The Morgan fingerprint density at radius 2 is 2.17 bits per heavy atom. The van der Waals surface area contributed by atoms with Crippen molar-refractivity contribution in [2.45, 2.75) is 25.0 Å². The van der Waals surface area contributed by atoms with E-state index in [0.29, 0.717) is 18.4 Å². The lowest BCUT2D eigenvalue weighted by Crippen LogP contribution is -2.41. The van der Waals surface area contributed by atoms with Crippen LogP contribution in [0.3, 0.4) is 0 Å². The van der Waals surface area contributed by atoms with Gasteiger partial charge in [0.1, 0.15) is 11.6 Å². The van der Waals surface area contributed by atoms with E-state index in [-0.39, 0.29) is 17.4 Å². The van der Waals surface area contributed by atoms with Crippen LogP contribution in [0.4, 0.5) is 8.78 Å². The number of amides is 1. The molecule has 122 valence electrons. The molecule has 3 rings (SSSR count). The molecule has 2 aromatic rings. The quantitative estimate of drug-likeness (QED) is 0.904. The number of benzene rings is 1. The summed E-state index contributed by atoms with van der Waals surface area (Å²) >= 11 is 0. The standard InChI is InChI=1S/C16H17F2N3O2/c1-21-8-10(7-19-21)16(23)20-15(9-4-12(22)5-9)13-3-2-11(17)6-14(13)18/h2-3,6-9,12,15,22H,4-5H2,1H3,(H,20,23). The third kappa shape index (κ3) is 3.24. The summed E-state index contributed by atoms with van der Waals surface area (Å²) in [5, 5.41) is 16.2. The lowest BCUT2D eigenvalue weighted by molar-refractivity contribution is 0.0229. The Hall–Kier alpha value is -2.28. The first-order valence-corrected chi connectivity index (χ1v) is 7.36. The number of aliphatic hydroxyl groups excluding tert-OH is 1. The van der Waals surface area contributed by atoms with Gasteiger partial charge >= 0.3 is 0 Å². The first-order chi connectivity index (χ1) is 10.9. The predicted octanol–water partition coefficient (Wildman–Crippen LogP) is 1.94. The highest BCUT2D eigenvalue weighted by atomic mass is 19.1. The van der Waals surface area contributed by atoms with Crippen LogP contribution in [0.15, 0.2) is 30.6 Å². The third-order valence-corrected chi connectivity index (χ3v) is 4.17. The van der Waals surface area contributed by atoms with Gasteiger partial charge in [-0.1, -0.05) is 6.07 Å². The Balaban J connectivity index is 1.85. The highest BCUT2D eigenvalue weighted by molar-refractivity contribution is 5.94. The maximum absolute atomic E-state index is 14.1. The van der Waals surface area contributed by atoms with Gasteiger partial charge in [-0.05, 0) is 24.8 Å². The molecule has 1 aromatic carbocycles. The van der Waals surface area contributed by atoms with Crippen LogP contribution in [-0.2, 0) is 7.05 Å². The highest BCUT2D eigenvalue weighted by Crippen LogP contribution is 2.39. The van der Waals surface area contributed by atoms with Crippen molar-refractivity contribution in [2.24, 2.45) is 13.0 Å². The van der Waals surface area contributed by atoms with Gasteiger partial charge in [0.2, 0.25) is 0 Å². The molecule has 1 amide bonds. The van der Waals surface area contributed by atoms with E-state index in [0.717, 1.165) is 12.1 Å². The van der Waals surface area contributed by atoms with Gasteiger partial charge in [-0.25, -0.2) is 8.78 Å². The fraction of sp³-hybridized carbons (Fsp3) is 0.375. The molecule has 1 fully saturated rings. The second kappa shape index (κ2) is 6.08. The maximum Gasteiger partial charge on any atom is 0.254 e. The Labute approximate surface area is 131 Å². The largest absolute Gasteiger partial charge is 0.393 e. The molecule has 0 radical (unpaired) electrons. The molecule has 0 spiro atoms. The molecule has 2 N–H and O–H groups in total.